The summed E-state index contributed by atoms with van der Waals surface area (Å²) in [6.45, 7) is 3.31. The first-order chi connectivity index (χ1) is 12.9. The number of amides is 1. The van der Waals surface area contributed by atoms with E-state index in [1.54, 1.807) is 23.0 Å². The van der Waals surface area contributed by atoms with Crippen LogP contribution in [0.25, 0.3) is 5.69 Å². The van der Waals surface area contributed by atoms with Crippen molar-refractivity contribution in [3.05, 3.63) is 64.9 Å². The summed E-state index contributed by atoms with van der Waals surface area (Å²) in [6.07, 6.45) is 1.59. The molecular weight excluding hydrogens is 428 g/mol. The van der Waals surface area contributed by atoms with Crippen molar-refractivity contribution in [3.8, 4) is 5.69 Å². The van der Waals surface area contributed by atoms with Gasteiger partial charge in [-0.3, -0.25) is 14.2 Å². The van der Waals surface area contributed by atoms with Gasteiger partial charge in [0.15, 0.2) is 10.9 Å². The number of nitrogens with one attached hydrogen (secondary N) is 1. The van der Waals surface area contributed by atoms with Crippen LogP contribution in [0.1, 0.15) is 24.2 Å². The molecule has 3 rings (SSSR count). The smallest absolute Gasteiger partial charge is 0.221 e. The van der Waals surface area contributed by atoms with Crippen molar-refractivity contribution in [3.63, 3.8) is 0 Å². The second-order valence-electron chi connectivity index (χ2n) is 5.85. The Morgan fingerprint density at radius 2 is 1.93 bits per heavy atom. The van der Waals surface area contributed by atoms with Gasteiger partial charge in [-0.05, 0) is 37.3 Å². The molecule has 1 N–H and O–H groups in total. The molecule has 1 heterocycles. The van der Waals surface area contributed by atoms with E-state index in [0.717, 1.165) is 10.2 Å². The molecule has 1 amide bonds. The predicted molar refractivity (Wildman–Crippen MR) is 109 cm³/mol. The lowest BCUT2D eigenvalue weighted by Gasteiger charge is -2.12. The van der Waals surface area contributed by atoms with Crippen LogP contribution >= 0.6 is 27.7 Å². The van der Waals surface area contributed by atoms with Gasteiger partial charge in [-0.2, -0.15) is 0 Å². The van der Waals surface area contributed by atoms with Gasteiger partial charge >= 0.3 is 0 Å². The fourth-order valence-corrected chi connectivity index (χ4v) is 3.66. The third kappa shape index (κ3) is 4.84. The topological polar surface area (TPSA) is 76.9 Å². The summed E-state index contributed by atoms with van der Waals surface area (Å²) in [6, 6.07) is 14.7. The van der Waals surface area contributed by atoms with Crippen molar-refractivity contribution < 1.29 is 9.59 Å². The van der Waals surface area contributed by atoms with Gasteiger partial charge in [-0.1, -0.05) is 45.9 Å². The van der Waals surface area contributed by atoms with E-state index < -0.39 is 0 Å². The van der Waals surface area contributed by atoms with Gasteiger partial charge < -0.3 is 5.32 Å². The summed E-state index contributed by atoms with van der Waals surface area (Å²) in [5.41, 5.74) is 2.14. The predicted octanol–water partition coefficient (Wildman–Crippen LogP) is 4.35. The number of rotatable bonds is 6. The SMILES string of the molecule is CC(=O)Nc1cccc(-n2cnnc2SC(C)C(=O)c2ccc(Br)cc2)c1. The zero-order chi connectivity index (χ0) is 19.4. The maximum absolute atomic E-state index is 12.7. The van der Waals surface area contributed by atoms with Crippen molar-refractivity contribution in [2.45, 2.75) is 24.3 Å². The molecule has 1 atom stereocenters. The Kier molecular flexibility index (Phi) is 6.08. The molecule has 0 bridgehead atoms. The van der Waals surface area contributed by atoms with Gasteiger partial charge in [-0.15, -0.1) is 10.2 Å². The Balaban J connectivity index is 1.80. The number of carbonyl (C=O) groups is 2. The standard InChI is InChI=1S/C19H17BrN4O2S/c1-12(18(26)14-6-8-15(20)9-7-14)27-19-23-21-11-24(19)17-5-3-4-16(10-17)22-13(2)25/h3-12H,1-2H3,(H,22,25). The molecule has 0 aliphatic carbocycles. The molecule has 27 heavy (non-hydrogen) atoms. The first-order valence-corrected chi connectivity index (χ1v) is 9.86. The fraction of sp³-hybridized carbons (Fsp3) is 0.158. The summed E-state index contributed by atoms with van der Waals surface area (Å²) < 4.78 is 2.72. The average molecular weight is 445 g/mol. The molecule has 0 saturated carbocycles. The quantitative estimate of drug-likeness (QED) is 0.451. The van der Waals surface area contributed by atoms with Crippen LogP contribution in [-0.4, -0.2) is 31.7 Å². The molecule has 8 heteroatoms. The molecule has 1 aromatic heterocycles. The number of ketones is 1. The van der Waals surface area contributed by atoms with Gasteiger partial charge in [-0.25, -0.2) is 0 Å². The van der Waals surface area contributed by atoms with E-state index >= 15 is 0 Å². The molecular formula is C19H17BrN4O2S. The third-order valence-electron chi connectivity index (χ3n) is 3.74. The number of hydrogen-bond donors (Lipinski definition) is 1. The van der Waals surface area contributed by atoms with E-state index in [1.165, 1.54) is 18.7 Å². The number of Topliss-reactive ketones (excluding diaryl/α,β-unsaturated/α-hetero) is 1. The number of hydrogen-bond acceptors (Lipinski definition) is 5. The van der Waals surface area contributed by atoms with Crippen LogP contribution in [-0.2, 0) is 4.79 Å². The minimum atomic E-state index is -0.326. The Hall–Kier alpha value is -2.45. The van der Waals surface area contributed by atoms with E-state index in [0.29, 0.717) is 16.4 Å². The van der Waals surface area contributed by atoms with Gasteiger partial charge in [0.05, 0.1) is 10.9 Å². The van der Waals surface area contributed by atoms with Crippen molar-refractivity contribution >= 4 is 45.1 Å². The highest BCUT2D eigenvalue weighted by atomic mass is 79.9. The van der Waals surface area contributed by atoms with Crippen LogP contribution in [0.5, 0.6) is 0 Å². The zero-order valence-electron chi connectivity index (χ0n) is 14.7. The Labute approximate surface area is 169 Å². The van der Waals surface area contributed by atoms with Crippen LogP contribution in [0.15, 0.2) is 64.5 Å². The van der Waals surface area contributed by atoms with Gasteiger partial charge in [0, 0.05) is 22.6 Å². The number of nitrogens with zero attached hydrogens (tertiary/aromatic N) is 3. The summed E-state index contributed by atoms with van der Waals surface area (Å²) in [7, 11) is 0. The second-order valence-corrected chi connectivity index (χ2v) is 8.07. The molecule has 0 fully saturated rings. The maximum atomic E-state index is 12.7. The van der Waals surface area contributed by atoms with Crippen molar-refractivity contribution in [1.82, 2.24) is 14.8 Å². The lowest BCUT2D eigenvalue weighted by molar-refractivity contribution is -0.114. The van der Waals surface area contributed by atoms with Crippen molar-refractivity contribution in [2.24, 2.45) is 0 Å². The van der Waals surface area contributed by atoms with Crippen molar-refractivity contribution in [1.29, 1.82) is 0 Å². The van der Waals surface area contributed by atoms with E-state index in [2.05, 4.69) is 31.4 Å². The van der Waals surface area contributed by atoms with Gasteiger partial charge in [0.1, 0.15) is 6.33 Å². The first-order valence-electron chi connectivity index (χ1n) is 8.18. The Morgan fingerprint density at radius 1 is 1.19 bits per heavy atom. The van der Waals surface area contributed by atoms with Crippen LogP contribution in [0.3, 0.4) is 0 Å². The lowest BCUT2D eigenvalue weighted by Crippen LogP contribution is -2.14. The molecule has 0 saturated heterocycles. The molecule has 0 spiro atoms. The first kappa shape index (κ1) is 19.3. The molecule has 0 aliphatic rings. The zero-order valence-corrected chi connectivity index (χ0v) is 17.1. The largest absolute Gasteiger partial charge is 0.326 e. The number of benzene rings is 2. The normalized spacial score (nSPS) is 11.8. The highest BCUT2D eigenvalue weighted by Gasteiger charge is 2.20. The number of anilines is 1. The molecule has 6 nitrogen and oxygen atoms in total. The lowest BCUT2D eigenvalue weighted by atomic mass is 10.1. The highest BCUT2D eigenvalue weighted by Crippen LogP contribution is 2.27. The molecule has 138 valence electrons. The summed E-state index contributed by atoms with van der Waals surface area (Å²) in [5.74, 6) is -0.117. The molecule has 3 aromatic rings. The number of aromatic nitrogens is 3. The summed E-state index contributed by atoms with van der Waals surface area (Å²) >= 11 is 4.71. The number of carbonyl (C=O) groups excluding carboxylic acids is 2. The van der Waals surface area contributed by atoms with E-state index in [1.807, 2.05) is 43.3 Å². The molecule has 0 aliphatic heterocycles. The number of halogens is 1. The van der Waals surface area contributed by atoms with Crippen LogP contribution in [0, 0.1) is 0 Å². The second kappa shape index (κ2) is 8.49. The van der Waals surface area contributed by atoms with E-state index in [4.69, 9.17) is 0 Å². The minimum absolute atomic E-state index is 0.0223. The third-order valence-corrected chi connectivity index (χ3v) is 5.33. The van der Waals surface area contributed by atoms with Gasteiger partial charge in [0.25, 0.3) is 0 Å². The Bertz CT molecular complexity index is 972. The molecule has 2 aromatic carbocycles. The Morgan fingerprint density at radius 3 is 2.63 bits per heavy atom. The number of thioether (sulfide) groups is 1. The van der Waals surface area contributed by atoms with E-state index in [9.17, 15) is 9.59 Å². The fourth-order valence-electron chi connectivity index (χ4n) is 2.48. The van der Waals surface area contributed by atoms with Crippen LogP contribution in [0.2, 0.25) is 0 Å². The monoisotopic (exact) mass is 444 g/mol. The van der Waals surface area contributed by atoms with Crippen LogP contribution < -0.4 is 5.32 Å². The summed E-state index contributed by atoms with van der Waals surface area (Å²) in [5, 5.41) is 11.1. The molecule has 0 radical (unpaired) electrons. The minimum Gasteiger partial charge on any atom is -0.326 e. The van der Waals surface area contributed by atoms with Gasteiger partial charge in [0.2, 0.25) is 5.91 Å². The van der Waals surface area contributed by atoms with Crippen molar-refractivity contribution in [2.75, 3.05) is 5.32 Å². The molecule has 1 unspecified atom stereocenters. The highest BCUT2D eigenvalue weighted by molar-refractivity contribution is 9.10. The average Bonchev–Trinajstić information content (AvgIpc) is 3.09. The summed E-state index contributed by atoms with van der Waals surface area (Å²) in [4.78, 5) is 23.9. The van der Waals surface area contributed by atoms with E-state index in [-0.39, 0.29) is 16.9 Å². The van der Waals surface area contributed by atoms with Crippen LogP contribution in [0.4, 0.5) is 5.69 Å². The maximum Gasteiger partial charge on any atom is 0.221 e.